The normalized spacial score (nSPS) is 30.1. The van der Waals surface area contributed by atoms with Crippen molar-refractivity contribution in [3.8, 4) is 0 Å². The number of ether oxygens (including phenoxy) is 1. The van der Waals surface area contributed by atoms with Crippen LogP contribution in [0.15, 0.2) is 6.33 Å². The van der Waals surface area contributed by atoms with E-state index in [1.807, 2.05) is 0 Å². The predicted octanol–water partition coefficient (Wildman–Crippen LogP) is -2.40. The molecule has 0 amide bonds. The van der Waals surface area contributed by atoms with Gasteiger partial charge in [0.05, 0.1) is 12.9 Å². The van der Waals surface area contributed by atoms with Gasteiger partial charge in [0.25, 0.3) is 0 Å². The second-order valence-corrected chi connectivity index (χ2v) is 4.52. The molecule has 0 aliphatic carbocycles. The van der Waals surface area contributed by atoms with Crippen LogP contribution in [0.2, 0.25) is 0 Å². The Morgan fingerprint density at radius 3 is 2.65 bits per heavy atom. The van der Waals surface area contributed by atoms with Crippen LogP contribution in [0.3, 0.4) is 0 Å². The summed E-state index contributed by atoms with van der Waals surface area (Å²) >= 11 is 0. The highest BCUT2D eigenvalue weighted by atomic mass is 16.6. The lowest BCUT2D eigenvalue weighted by atomic mass is 10.1. The summed E-state index contributed by atoms with van der Waals surface area (Å²) in [5.74, 6) is 0.0708. The van der Waals surface area contributed by atoms with Crippen molar-refractivity contribution in [1.82, 2.24) is 19.5 Å². The standard InChI is InChI=1S/C10H14N6O4/c11-7-4-8(15-10(12)14-7)16(2-13-4)9-6(19)5(18)3(1-17)20-9/h2-3,5-6,9,17-19H,1H2,(H4,11,12,14,15)/t3-,5-,6-,9+/m0/s1. The summed E-state index contributed by atoms with van der Waals surface area (Å²) in [4.78, 5) is 11.8. The van der Waals surface area contributed by atoms with E-state index in [9.17, 15) is 10.2 Å². The Bertz CT molecular complexity index is 646. The number of hydrogen-bond acceptors (Lipinski definition) is 9. The van der Waals surface area contributed by atoms with E-state index in [-0.39, 0.29) is 17.4 Å². The average Bonchev–Trinajstić information content (AvgIpc) is 2.93. The van der Waals surface area contributed by atoms with E-state index in [4.69, 9.17) is 21.3 Å². The van der Waals surface area contributed by atoms with Crippen LogP contribution in [0.4, 0.5) is 11.8 Å². The molecule has 0 saturated carbocycles. The van der Waals surface area contributed by atoms with Gasteiger partial charge in [0.2, 0.25) is 5.95 Å². The lowest BCUT2D eigenvalue weighted by Crippen LogP contribution is -2.33. The summed E-state index contributed by atoms with van der Waals surface area (Å²) in [5.41, 5.74) is 11.8. The number of rotatable bonds is 2. The molecule has 0 bridgehead atoms. The molecule has 4 atom stereocenters. The zero-order valence-corrected chi connectivity index (χ0v) is 10.3. The maximum absolute atomic E-state index is 9.99. The number of nitrogens with zero attached hydrogens (tertiary/aromatic N) is 4. The first-order valence-electron chi connectivity index (χ1n) is 5.91. The second kappa shape index (κ2) is 4.52. The molecule has 20 heavy (non-hydrogen) atoms. The molecule has 108 valence electrons. The molecule has 3 rings (SSSR count). The summed E-state index contributed by atoms with van der Waals surface area (Å²) < 4.78 is 6.79. The molecule has 0 unspecified atom stereocenters. The Hall–Kier alpha value is -2.01. The quantitative estimate of drug-likeness (QED) is 0.403. The number of aromatic nitrogens is 4. The first kappa shape index (κ1) is 13.0. The number of hydrogen-bond donors (Lipinski definition) is 5. The number of fused-ring (bicyclic) bond motifs is 1. The Labute approximate surface area is 112 Å². The van der Waals surface area contributed by atoms with E-state index in [2.05, 4.69) is 15.0 Å². The van der Waals surface area contributed by atoms with E-state index in [1.165, 1.54) is 10.9 Å². The summed E-state index contributed by atoms with van der Waals surface area (Å²) in [6.45, 7) is -0.416. The molecule has 1 aliphatic heterocycles. The molecule has 1 saturated heterocycles. The van der Waals surface area contributed by atoms with E-state index < -0.39 is 31.1 Å². The van der Waals surface area contributed by atoms with E-state index in [1.54, 1.807) is 0 Å². The minimum atomic E-state index is -1.23. The van der Waals surface area contributed by atoms with Crippen molar-refractivity contribution < 1.29 is 20.1 Å². The van der Waals surface area contributed by atoms with Gasteiger partial charge in [-0.05, 0) is 0 Å². The molecule has 10 nitrogen and oxygen atoms in total. The van der Waals surface area contributed by atoms with Crippen LogP contribution in [-0.4, -0.2) is 59.8 Å². The molecule has 1 fully saturated rings. The largest absolute Gasteiger partial charge is 0.394 e. The van der Waals surface area contributed by atoms with Crippen molar-refractivity contribution in [2.75, 3.05) is 18.1 Å². The number of aliphatic hydroxyl groups is 3. The van der Waals surface area contributed by atoms with Crippen molar-refractivity contribution in [1.29, 1.82) is 0 Å². The zero-order valence-electron chi connectivity index (χ0n) is 10.3. The molecule has 7 N–H and O–H groups in total. The van der Waals surface area contributed by atoms with Crippen molar-refractivity contribution in [2.24, 2.45) is 0 Å². The highest BCUT2D eigenvalue weighted by molar-refractivity contribution is 5.82. The number of nitrogen functional groups attached to an aromatic ring is 2. The van der Waals surface area contributed by atoms with Crippen LogP contribution in [0.1, 0.15) is 6.23 Å². The smallest absolute Gasteiger partial charge is 0.224 e. The van der Waals surface area contributed by atoms with Gasteiger partial charge in [-0.2, -0.15) is 9.97 Å². The first-order chi connectivity index (χ1) is 9.52. The molecule has 2 aromatic heterocycles. The molecule has 2 aromatic rings. The van der Waals surface area contributed by atoms with Gasteiger partial charge in [-0.1, -0.05) is 0 Å². The molecule has 0 spiro atoms. The summed E-state index contributed by atoms with van der Waals surface area (Å²) in [6, 6.07) is 0. The molecule has 1 aliphatic rings. The average molecular weight is 282 g/mol. The van der Waals surface area contributed by atoms with Crippen LogP contribution >= 0.6 is 0 Å². The minimum Gasteiger partial charge on any atom is -0.394 e. The summed E-state index contributed by atoms with van der Waals surface area (Å²) in [5, 5.41) is 28.8. The number of nitrogens with two attached hydrogens (primary N) is 2. The summed E-state index contributed by atoms with van der Waals surface area (Å²) in [6.07, 6.45) is -2.92. The third-order valence-corrected chi connectivity index (χ3v) is 3.26. The van der Waals surface area contributed by atoms with E-state index in [0.717, 1.165) is 0 Å². The zero-order chi connectivity index (χ0) is 14.4. The molecule has 10 heteroatoms. The Balaban J connectivity index is 2.07. The van der Waals surface area contributed by atoms with Gasteiger partial charge in [0, 0.05) is 0 Å². The van der Waals surface area contributed by atoms with Crippen molar-refractivity contribution in [3.63, 3.8) is 0 Å². The molecular weight excluding hydrogens is 268 g/mol. The van der Waals surface area contributed by atoms with Gasteiger partial charge in [0.1, 0.15) is 23.8 Å². The third-order valence-electron chi connectivity index (χ3n) is 3.26. The molecular formula is C10H14N6O4. The minimum absolute atomic E-state index is 0.0384. The maximum Gasteiger partial charge on any atom is 0.224 e. The number of anilines is 2. The molecule has 0 radical (unpaired) electrons. The van der Waals surface area contributed by atoms with Crippen LogP contribution in [0, 0.1) is 0 Å². The number of imidazole rings is 1. The van der Waals surface area contributed by atoms with Crippen LogP contribution in [0.25, 0.3) is 11.2 Å². The predicted molar refractivity (Wildman–Crippen MR) is 67.2 cm³/mol. The van der Waals surface area contributed by atoms with Crippen molar-refractivity contribution in [2.45, 2.75) is 24.5 Å². The third kappa shape index (κ3) is 1.78. The lowest BCUT2D eigenvalue weighted by Gasteiger charge is -2.16. The van der Waals surface area contributed by atoms with Gasteiger partial charge in [-0.15, -0.1) is 0 Å². The van der Waals surface area contributed by atoms with Crippen LogP contribution in [-0.2, 0) is 4.74 Å². The topological polar surface area (TPSA) is 166 Å². The Morgan fingerprint density at radius 2 is 2.00 bits per heavy atom. The van der Waals surface area contributed by atoms with Gasteiger partial charge in [-0.25, -0.2) is 4.98 Å². The van der Waals surface area contributed by atoms with Crippen LogP contribution < -0.4 is 11.5 Å². The highest BCUT2D eigenvalue weighted by Crippen LogP contribution is 2.31. The Morgan fingerprint density at radius 1 is 1.25 bits per heavy atom. The van der Waals surface area contributed by atoms with Gasteiger partial charge in [0.15, 0.2) is 17.7 Å². The fraction of sp³-hybridized carbons (Fsp3) is 0.500. The molecule has 3 heterocycles. The molecule has 0 aromatic carbocycles. The van der Waals surface area contributed by atoms with E-state index in [0.29, 0.717) is 5.52 Å². The summed E-state index contributed by atoms with van der Waals surface area (Å²) in [7, 11) is 0. The highest BCUT2D eigenvalue weighted by Gasteiger charge is 2.44. The van der Waals surface area contributed by atoms with Crippen LogP contribution in [0.5, 0.6) is 0 Å². The van der Waals surface area contributed by atoms with Crippen molar-refractivity contribution in [3.05, 3.63) is 6.33 Å². The monoisotopic (exact) mass is 282 g/mol. The maximum atomic E-state index is 9.99. The first-order valence-corrected chi connectivity index (χ1v) is 5.91. The van der Waals surface area contributed by atoms with Gasteiger partial charge < -0.3 is 31.5 Å². The van der Waals surface area contributed by atoms with Gasteiger partial charge in [-0.3, -0.25) is 4.57 Å². The van der Waals surface area contributed by atoms with E-state index >= 15 is 0 Å². The lowest BCUT2D eigenvalue weighted by molar-refractivity contribution is -0.0511. The Kier molecular flexibility index (Phi) is 2.94. The SMILES string of the molecule is Nc1nc(N)c2ncn([C@@H]3O[C@@H](CO)[C@H](O)[C@@H]3O)c2n1. The second-order valence-electron chi connectivity index (χ2n) is 4.52. The fourth-order valence-corrected chi connectivity index (χ4v) is 2.25. The van der Waals surface area contributed by atoms with Gasteiger partial charge >= 0.3 is 0 Å². The fourth-order valence-electron chi connectivity index (χ4n) is 2.25. The van der Waals surface area contributed by atoms with Crippen molar-refractivity contribution >= 4 is 22.9 Å². The number of aliphatic hydroxyl groups excluding tert-OH is 3.